The van der Waals surface area contributed by atoms with Crippen molar-refractivity contribution < 1.29 is 14.4 Å². The maximum atomic E-state index is 13.2. The summed E-state index contributed by atoms with van der Waals surface area (Å²) in [6, 6.07) is 10.4. The van der Waals surface area contributed by atoms with E-state index in [0.29, 0.717) is 40.9 Å². The summed E-state index contributed by atoms with van der Waals surface area (Å²) in [5.41, 5.74) is 8.05. The molecular weight excluding hydrogens is 446 g/mol. The third-order valence-electron chi connectivity index (χ3n) is 6.15. The molecule has 0 aliphatic carbocycles. The number of aromatic amines is 1. The number of pyridine rings is 1. The summed E-state index contributed by atoms with van der Waals surface area (Å²) in [6.45, 7) is 2.83. The number of nitrogen functional groups attached to an aromatic ring is 1. The number of rotatable bonds is 4. The Morgan fingerprint density at radius 3 is 2.54 bits per heavy atom. The summed E-state index contributed by atoms with van der Waals surface area (Å²) >= 11 is 0. The Morgan fingerprint density at radius 2 is 1.83 bits per heavy atom. The van der Waals surface area contributed by atoms with Crippen molar-refractivity contribution in [2.75, 3.05) is 25.4 Å². The van der Waals surface area contributed by atoms with E-state index in [-0.39, 0.29) is 29.9 Å². The molecule has 1 aromatic carbocycles. The van der Waals surface area contributed by atoms with Crippen molar-refractivity contribution in [3.8, 4) is 11.4 Å². The van der Waals surface area contributed by atoms with Gasteiger partial charge in [-0.05, 0) is 25.1 Å². The number of nitrogens with one attached hydrogen (secondary N) is 1. The number of carbonyl (C=O) groups excluding carboxylic acids is 3. The van der Waals surface area contributed by atoms with E-state index < -0.39 is 11.7 Å². The van der Waals surface area contributed by atoms with E-state index in [2.05, 4.69) is 19.9 Å². The van der Waals surface area contributed by atoms with Gasteiger partial charge in [-0.25, -0.2) is 9.97 Å². The molecule has 176 valence electrons. The van der Waals surface area contributed by atoms with E-state index in [4.69, 9.17) is 5.73 Å². The largest absolute Gasteiger partial charge is 0.382 e. The summed E-state index contributed by atoms with van der Waals surface area (Å²) < 4.78 is 0. The first-order chi connectivity index (χ1) is 16.9. The van der Waals surface area contributed by atoms with Gasteiger partial charge in [0.05, 0.1) is 23.5 Å². The predicted octanol–water partition coefficient (Wildman–Crippen LogP) is 2.16. The van der Waals surface area contributed by atoms with Crippen LogP contribution >= 0.6 is 0 Å². The van der Waals surface area contributed by atoms with Crippen molar-refractivity contribution in [3.05, 3.63) is 72.3 Å². The van der Waals surface area contributed by atoms with Crippen molar-refractivity contribution in [3.63, 3.8) is 0 Å². The molecule has 35 heavy (non-hydrogen) atoms. The quantitative estimate of drug-likeness (QED) is 0.345. The normalized spacial score (nSPS) is 15.9. The minimum atomic E-state index is -0.619. The molecule has 1 unspecified atom stereocenters. The van der Waals surface area contributed by atoms with E-state index in [1.165, 1.54) is 23.5 Å². The highest BCUT2D eigenvalue weighted by Gasteiger charge is 2.34. The third-order valence-corrected chi connectivity index (χ3v) is 6.15. The lowest BCUT2D eigenvalue weighted by Gasteiger charge is -2.39. The van der Waals surface area contributed by atoms with Crippen LogP contribution in [0.3, 0.4) is 0 Å². The Hall–Kier alpha value is -4.60. The van der Waals surface area contributed by atoms with Gasteiger partial charge in [-0.2, -0.15) is 0 Å². The van der Waals surface area contributed by atoms with Crippen LogP contribution in [0, 0.1) is 0 Å². The number of benzene rings is 1. The van der Waals surface area contributed by atoms with Crippen molar-refractivity contribution in [2.24, 2.45) is 0 Å². The first kappa shape index (κ1) is 22.2. The van der Waals surface area contributed by atoms with Gasteiger partial charge >= 0.3 is 0 Å². The molecule has 1 atom stereocenters. The van der Waals surface area contributed by atoms with Gasteiger partial charge in [0.25, 0.3) is 17.6 Å². The number of hydrogen-bond acceptors (Lipinski definition) is 7. The smallest absolute Gasteiger partial charge is 0.295 e. The first-order valence-corrected chi connectivity index (χ1v) is 11.2. The summed E-state index contributed by atoms with van der Waals surface area (Å²) in [4.78, 5) is 58.2. The molecule has 0 bridgehead atoms. The highest BCUT2D eigenvalue weighted by molar-refractivity contribution is 6.45. The van der Waals surface area contributed by atoms with Gasteiger partial charge < -0.3 is 20.5 Å². The number of piperazine rings is 1. The SMILES string of the molecule is CC1CN(C(=O)c2ccccc2)CCN1C(=O)C(=O)c1c[nH]c2c(-c3cnc(N)cn3)nccc12. The molecule has 3 N–H and O–H groups in total. The number of ketones is 1. The third kappa shape index (κ3) is 4.10. The van der Waals surface area contributed by atoms with Crippen molar-refractivity contribution in [2.45, 2.75) is 13.0 Å². The van der Waals surface area contributed by atoms with Gasteiger partial charge in [-0.15, -0.1) is 0 Å². The molecular formula is C25H23N7O3. The Labute approximate surface area is 200 Å². The molecule has 5 rings (SSSR count). The molecule has 4 aromatic rings. The van der Waals surface area contributed by atoms with Crippen molar-refractivity contribution in [1.29, 1.82) is 0 Å². The van der Waals surface area contributed by atoms with Crippen molar-refractivity contribution >= 4 is 34.3 Å². The minimum Gasteiger partial charge on any atom is -0.382 e. The summed E-state index contributed by atoms with van der Waals surface area (Å²) in [5.74, 6) is -1.02. The van der Waals surface area contributed by atoms with E-state index in [1.807, 2.05) is 25.1 Å². The fraction of sp³-hybridized carbons (Fsp3) is 0.200. The number of anilines is 1. The number of aromatic nitrogens is 4. The van der Waals surface area contributed by atoms with E-state index in [0.717, 1.165) is 0 Å². The average Bonchev–Trinajstić information content (AvgIpc) is 3.33. The minimum absolute atomic E-state index is 0.0849. The number of nitrogens with zero attached hydrogens (tertiary/aromatic N) is 5. The van der Waals surface area contributed by atoms with Crippen LogP contribution < -0.4 is 5.73 Å². The zero-order valence-corrected chi connectivity index (χ0v) is 19.0. The van der Waals surface area contributed by atoms with E-state index in [9.17, 15) is 14.4 Å². The summed E-state index contributed by atoms with van der Waals surface area (Å²) in [6.07, 6.45) is 6.00. The molecule has 2 amide bonds. The number of Topliss-reactive ketones (excluding diaryl/α,β-unsaturated/α-hetero) is 1. The molecule has 3 aromatic heterocycles. The molecule has 1 aliphatic heterocycles. The van der Waals surface area contributed by atoms with Gasteiger partial charge in [-0.3, -0.25) is 19.4 Å². The molecule has 0 radical (unpaired) electrons. The summed E-state index contributed by atoms with van der Waals surface area (Å²) in [7, 11) is 0. The van der Waals surface area contributed by atoms with Crippen LogP contribution in [-0.4, -0.2) is 73.0 Å². The van der Waals surface area contributed by atoms with Crippen LogP contribution in [0.25, 0.3) is 22.3 Å². The molecule has 10 nitrogen and oxygen atoms in total. The van der Waals surface area contributed by atoms with Gasteiger partial charge in [0.15, 0.2) is 0 Å². The Morgan fingerprint density at radius 1 is 1.03 bits per heavy atom. The Balaban J connectivity index is 1.35. The zero-order valence-electron chi connectivity index (χ0n) is 19.0. The van der Waals surface area contributed by atoms with Crippen LogP contribution in [0.1, 0.15) is 27.6 Å². The van der Waals surface area contributed by atoms with Gasteiger partial charge in [0.1, 0.15) is 17.2 Å². The second-order valence-corrected chi connectivity index (χ2v) is 8.40. The number of amides is 2. The Bertz CT molecular complexity index is 1420. The van der Waals surface area contributed by atoms with Crippen molar-refractivity contribution in [1.82, 2.24) is 29.7 Å². The molecule has 1 saturated heterocycles. The molecule has 0 spiro atoms. The Kier molecular flexibility index (Phi) is 5.69. The van der Waals surface area contributed by atoms with Gasteiger partial charge in [-0.1, -0.05) is 18.2 Å². The topological polar surface area (TPSA) is 138 Å². The number of fused-ring (bicyclic) bond motifs is 1. The number of nitrogens with two attached hydrogens (primary N) is 1. The predicted molar refractivity (Wildman–Crippen MR) is 129 cm³/mol. The van der Waals surface area contributed by atoms with Gasteiger partial charge in [0.2, 0.25) is 0 Å². The van der Waals surface area contributed by atoms with Crippen LogP contribution in [-0.2, 0) is 4.79 Å². The monoisotopic (exact) mass is 469 g/mol. The fourth-order valence-corrected chi connectivity index (χ4v) is 4.35. The highest BCUT2D eigenvalue weighted by Crippen LogP contribution is 2.27. The van der Waals surface area contributed by atoms with E-state index in [1.54, 1.807) is 29.3 Å². The molecule has 1 fully saturated rings. The average molecular weight is 470 g/mol. The van der Waals surface area contributed by atoms with Gasteiger partial charge in [0, 0.05) is 49.0 Å². The summed E-state index contributed by atoms with van der Waals surface area (Å²) in [5, 5.41) is 0.567. The first-order valence-electron chi connectivity index (χ1n) is 11.2. The van der Waals surface area contributed by atoms with E-state index >= 15 is 0 Å². The van der Waals surface area contributed by atoms with Crippen LogP contribution in [0.5, 0.6) is 0 Å². The lowest BCUT2D eigenvalue weighted by atomic mass is 10.1. The van der Waals surface area contributed by atoms with Crippen LogP contribution in [0.15, 0.2) is 61.2 Å². The number of carbonyl (C=O) groups is 3. The maximum Gasteiger partial charge on any atom is 0.295 e. The lowest BCUT2D eigenvalue weighted by Crippen LogP contribution is -2.56. The number of hydrogen-bond donors (Lipinski definition) is 2. The molecule has 10 heteroatoms. The van der Waals surface area contributed by atoms with Crippen LogP contribution in [0.2, 0.25) is 0 Å². The second kappa shape index (κ2) is 8.98. The molecule has 4 heterocycles. The number of H-pyrrole nitrogens is 1. The highest BCUT2D eigenvalue weighted by atomic mass is 16.2. The maximum absolute atomic E-state index is 13.2. The molecule has 1 aliphatic rings. The zero-order chi connectivity index (χ0) is 24.5. The second-order valence-electron chi connectivity index (χ2n) is 8.40. The standard InChI is InChI=1S/C25H23N7O3/c1-15-14-31(24(34)16-5-3-2-4-6-16)9-10-32(15)25(35)23(33)18-11-30-21-17(18)7-8-27-22(21)19-12-29-20(26)13-28-19/h2-8,11-13,15,30H,9-10,14H2,1H3,(H2,26,29). The lowest BCUT2D eigenvalue weighted by molar-refractivity contribution is -0.130. The molecule has 0 saturated carbocycles. The van der Waals surface area contributed by atoms with Crippen LogP contribution in [0.4, 0.5) is 5.82 Å². The fourth-order valence-electron chi connectivity index (χ4n) is 4.35.